The van der Waals surface area contributed by atoms with E-state index in [1.165, 1.54) is 7.11 Å². The van der Waals surface area contributed by atoms with Crippen molar-refractivity contribution in [1.82, 2.24) is 45.8 Å². The predicted molar refractivity (Wildman–Crippen MR) is 235 cm³/mol. The Hall–Kier alpha value is -6.57. The minimum Gasteiger partial charge on any atom is -0.453 e. The van der Waals surface area contributed by atoms with E-state index in [0.29, 0.717) is 30.4 Å². The second-order valence-corrected chi connectivity index (χ2v) is 17.3. The van der Waals surface area contributed by atoms with Gasteiger partial charge in [0.25, 0.3) is 0 Å². The second kappa shape index (κ2) is 18.2. The van der Waals surface area contributed by atoms with E-state index in [9.17, 15) is 19.2 Å². The average Bonchev–Trinajstić information content (AvgIpc) is 4.15. The van der Waals surface area contributed by atoms with Crippen LogP contribution < -0.4 is 16.0 Å². The monoisotopic (exact) mass is 837 g/mol. The summed E-state index contributed by atoms with van der Waals surface area (Å²) in [6.45, 7) is 10.4. The van der Waals surface area contributed by atoms with Gasteiger partial charge in [-0.3, -0.25) is 19.4 Å². The lowest BCUT2D eigenvalue weighted by Crippen LogP contribution is -2.52. The summed E-state index contributed by atoms with van der Waals surface area (Å²) in [6, 6.07) is 18.6. The van der Waals surface area contributed by atoms with E-state index in [0.717, 1.165) is 77.1 Å². The summed E-state index contributed by atoms with van der Waals surface area (Å²) in [4.78, 5) is 75.2. The molecule has 14 heteroatoms. The Balaban J connectivity index is 0.909. The van der Waals surface area contributed by atoms with Crippen LogP contribution in [0.1, 0.15) is 82.0 Å². The SMILES string of the molecule is C=C(C)[C@H](NC(=O)OC)C(=O)N1CCC[C@H]1c1ncc(-c2ccc(-c3ccc(-c4cnc([C@@H]5[C@H]6CC[C@H](C6)[C@H]5C(=O)N[C@H](C(=O)NCc5cccnc5)C(C)C)[nH]4)cc3)cc2)[nH]1. The third kappa shape index (κ3) is 8.77. The van der Waals surface area contributed by atoms with Gasteiger partial charge in [0.1, 0.15) is 23.7 Å². The van der Waals surface area contributed by atoms with E-state index in [4.69, 9.17) is 9.72 Å². The van der Waals surface area contributed by atoms with Crippen LogP contribution in [0, 0.1) is 23.7 Å². The number of methoxy groups -OCH3 is 1. The molecule has 7 atom stereocenters. The number of likely N-dealkylation sites (tertiary alicyclic amines) is 1. The third-order valence-corrected chi connectivity index (χ3v) is 12.9. The van der Waals surface area contributed by atoms with Gasteiger partial charge < -0.3 is 35.6 Å². The number of benzene rings is 2. The van der Waals surface area contributed by atoms with E-state index in [1.807, 2.05) is 32.2 Å². The fourth-order valence-corrected chi connectivity index (χ4v) is 9.69. The van der Waals surface area contributed by atoms with Gasteiger partial charge in [-0.15, -0.1) is 0 Å². The average molecular weight is 838 g/mol. The largest absolute Gasteiger partial charge is 0.453 e. The number of nitrogens with one attached hydrogen (secondary N) is 5. The molecule has 2 aliphatic carbocycles. The number of rotatable bonds is 14. The Morgan fingerprint density at radius 2 is 1.47 bits per heavy atom. The first kappa shape index (κ1) is 42.1. The molecule has 8 rings (SSSR count). The maximum Gasteiger partial charge on any atom is 0.407 e. The first-order chi connectivity index (χ1) is 30.0. The molecule has 1 saturated heterocycles. The summed E-state index contributed by atoms with van der Waals surface area (Å²) in [5, 5.41) is 8.73. The number of alkyl carbamates (subject to hydrolysis) is 1. The van der Waals surface area contributed by atoms with Crippen LogP contribution in [-0.2, 0) is 25.7 Å². The number of amides is 4. The fourth-order valence-electron chi connectivity index (χ4n) is 9.69. The smallest absolute Gasteiger partial charge is 0.407 e. The van der Waals surface area contributed by atoms with Gasteiger partial charge in [-0.2, -0.15) is 0 Å². The van der Waals surface area contributed by atoms with Crippen LogP contribution >= 0.6 is 0 Å². The molecule has 4 heterocycles. The van der Waals surface area contributed by atoms with Crippen LogP contribution in [0.25, 0.3) is 33.6 Å². The highest BCUT2D eigenvalue weighted by Gasteiger charge is 2.53. The number of imidazole rings is 2. The van der Waals surface area contributed by atoms with Crippen LogP contribution in [0.2, 0.25) is 0 Å². The molecule has 1 aliphatic heterocycles. The number of carbonyl (C=O) groups excluding carboxylic acids is 4. The Morgan fingerprint density at radius 3 is 2.08 bits per heavy atom. The molecule has 2 aromatic carbocycles. The predicted octanol–water partition coefficient (Wildman–Crippen LogP) is 7.08. The highest BCUT2D eigenvalue weighted by atomic mass is 16.5. The Morgan fingerprint density at radius 1 is 0.839 bits per heavy atom. The highest BCUT2D eigenvalue weighted by molar-refractivity contribution is 5.90. The molecular formula is C48H55N9O5. The zero-order chi connectivity index (χ0) is 43.5. The van der Waals surface area contributed by atoms with Crippen LogP contribution in [0.15, 0.2) is 97.6 Å². The third-order valence-electron chi connectivity index (χ3n) is 12.9. The molecule has 5 aromatic rings. The van der Waals surface area contributed by atoms with E-state index < -0.39 is 18.2 Å². The molecular weight excluding hydrogens is 783 g/mol. The molecule has 2 saturated carbocycles. The standard InChI is InChI=1S/C48H55N9O5/c1-27(2)41(46(59)52-24-29-8-6-20-49-23-29)55-45(58)40-35-19-18-34(22-35)39(40)44-51-26-37(54-44)33-16-12-31(13-17-33)30-10-14-32(15-11-30)36-25-50-43(53-36)38-9-7-21-57(38)47(60)42(28(3)4)56-48(61)62-5/h6,8,10-17,20,23,25-27,34-35,38-42H,3,7,9,18-19,21-22,24H2,1-2,4-5H3,(H,50,53)(H,51,54)(H,52,59)(H,55,58)(H,56,61)/t34-,35+,38-,39+,40+,41-,42-/m0/s1. The van der Waals surface area contributed by atoms with Gasteiger partial charge in [0, 0.05) is 31.4 Å². The number of hydrogen-bond donors (Lipinski definition) is 5. The summed E-state index contributed by atoms with van der Waals surface area (Å²) in [6.07, 6.45) is 11.0. The van der Waals surface area contributed by atoms with Gasteiger partial charge >= 0.3 is 6.09 Å². The molecule has 2 bridgehead atoms. The molecule has 5 N–H and O–H groups in total. The van der Waals surface area contributed by atoms with Crippen molar-refractivity contribution in [3.05, 3.63) is 115 Å². The summed E-state index contributed by atoms with van der Waals surface area (Å²) >= 11 is 0. The Bertz CT molecular complexity index is 2410. The van der Waals surface area contributed by atoms with E-state index in [1.54, 1.807) is 30.4 Å². The normalized spacial score (nSPS) is 21.4. The first-order valence-corrected chi connectivity index (χ1v) is 21.6. The lowest BCUT2D eigenvalue weighted by molar-refractivity contribution is -0.133. The van der Waals surface area contributed by atoms with Crippen LogP contribution in [-0.4, -0.2) is 79.4 Å². The van der Waals surface area contributed by atoms with Crippen molar-refractivity contribution >= 4 is 23.8 Å². The van der Waals surface area contributed by atoms with E-state index >= 15 is 0 Å². The summed E-state index contributed by atoms with van der Waals surface area (Å²) < 4.78 is 4.73. The number of H-pyrrole nitrogens is 2. The van der Waals surface area contributed by atoms with Crippen molar-refractivity contribution in [3.63, 3.8) is 0 Å². The molecule has 3 fully saturated rings. The topological polar surface area (TPSA) is 187 Å². The molecule has 4 amide bonds. The maximum atomic E-state index is 14.0. The molecule has 3 aliphatic rings. The molecule has 14 nitrogen and oxygen atoms in total. The van der Waals surface area contributed by atoms with Crippen molar-refractivity contribution in [2.75, 3.05) is 13.7 Å². The number of fused-ring (bicyclic) bond motifs is 2. The second-order valence-electron chi connectivity index (χ2n) is 17.3. The minimum atomic E-state index is -0.883. The van der Waals surface area contributed by atoms with Gasteiger partial charge in [-0.1, -0.05) is 75.0 Å². The number of carbonyl (C=O) groups is 4. The molecule has 62 heavy (non-hydrogen) atoms. The van der Waals surface area contributed by atoms with E-state index in [2.05, 4.69) is 91.0 Å². The Labute approximate surface area is 361 Å². The van der Waals surface area contributed by atoms with Crippen LogP contribution in [0.5, 0.6) is 0 Å². The van der Waals surface area contributed by atoms with Gasteiger partial charge in [-0.05, 0) is 96.2 Å². The van der Waals surface area contributed by atoms with Crippen molar-refractivity contribution in [2.24, 2.45) is 23.7 Å². The number of pyridine rings is 1. The Kier molecular flexibility index (Phi) is 12.4. The van der Waals surface area contributed by atoms with Crippen molar-refractivity contribution < 1.29 is 23.9 Å². The number of nitrogens with zero attached hydrogens (tertiary/aromatic N) is 4. The van der Waals surface area contributed by atoms with Crippen LogP contribution in [0.4, 0.5) is 4.79 Å². The highest BCUT2D eigenvalue weighted by Crippen LogP contribution is 2.56. The lowest BCUT2D eigenvalue weighted by Gasteiger charge is -2.31. The summed E-state index contributed by atoms with van der Waals surface area (Å²) in [5.74, 6) is 1.26. The first-order valence-electron chi connectivity index (χ1n) is 21.6. The molecule has 3 aromatic heterocycles. The zero-order valence-electron chi connectivity index (χ0n) is 35.7. The van der Waals surface area contributed by atoms with Crippen LogP contribution in [0.3, 0.4) is 0 Å². The van der Waals surface area contributed by atoms with Gasteiger partial charge in [0.2, 0.25) is 17.7 Å². The van der Waals surface area contributed by atoms with Crippen molar-refractivity contribution in [1.29, 1.82) is 0 Å². The number of hydrogen-bond acceptors (Lipinski definition) is 8. The van der Waals surface area contributed by atoms with Gasteiger partial charge in [0.05, 0.1) is 42.9 Å². The van der Waals surface area contributed by atoms with Gasteiger partial charge in [-0.25, -0.2) is 14.8 Å². The molecule has 0 spiro atoms. The van der Waals surface area contributed by atoms with Crippen molar-refractivity contribution in [3.8, 4) is 33.6 Å². The number of aromatic nitrogens is 5. The summed E-state index contributed by atoms with van der Waals surface area (Å²) in [5.41, 5.74) is 7.25. The number of aromatic amines is 2. The van der Waals surface area contributed by atoms with Crippen molar-refractivity contribution in [2.45, 2.75) is 83.5 Å². The zero-order valence-corrected chi connectivity index (χ0v) is 35.7. The summed E-state index contributed by atoms with van der Waals surface area (Å²) in [7, 11) is 1.26. The number of ether oxygens (including phenoxy) is 1. The minimum absolute atomic E-state index is 0.0404. The molecule has 322 valence electrons. The molecule has 0 unspecified atom stereocenters. The van der Waals surface area contributed by atoms with Gasteiger partial charge in [0.15, 0.2) is 0 Å². The van der Waals surface area contributed by atoms with E-state index in [-0.39, 0.29) is 47.4 Å². The lowest BCUT2D eigenvalue weighted by atomic mass is 9.78. The molecule has 0 radical (unpaired) electrons. The quantitative estimate of drug-likeness (QED) is 0.0735. The fraction of sp³-hybridized carbons (Fsp3) is 0.396. The maximum absolute atomic E-state index is 14.0.